The highest BCUT2D eigenvalue weighted by Crippen LogP contribution is 2.27. The number of rotatable bonds is 5. The van der Waals surface area contributed by atoms with E-state index in [2.05, 4.69) is 18.2 Å². The third kappa shape index (κ3) is 3.29. The van der Waals surface area contributed by atoms with Crippen LogP contribution >= 0.6 is 11.7 Å². The lowest BCUT2D eigenvalue weighted by Gasteiger charge is -2.12. The van der Waals surface area contributed by atoms with E-state index >= 15 is 0 Å². The van der Waals surface area contributed by atoms with Crippen LogP contribution in [0.5, 0.6) is 5.75 Å². The van der Waals surface area contributed by atoms with Crippen molar-refractivity contribution in [2.24, 2.45) is 0 Å². The third-order valence-electron chi connectivity index (χ3n) is 3.21. The van der Waals surface area contributed by atoms with E-state index in [-0.39, 0.29) is 21.8 Å². The zero-order valence-electron chi connectivity index (χ0n) is 12.2. The quantitative estimate of drug-likeness (QED) is 0.743. The minimum absolute atomic E-state index is 0.000979. The van der Waals surface area contributed by atoms with Crippen LogP contribution in [0.15, 0.2) is 41.3 Å². The van der Waals surface area contributed by atoms with Crippen molar-refractivity contribution in [2.75, 3.05) is 4.72 Å². The second kappa shape index (κ2) is 6.29. The summed E-state index contributed by atoms with van der Waals surface area (Å²) in [6.45, 7) is -1.36. The molecule has 3 rings (SSSR count). The summed E-state index contributed by atoms with van der Waals surface area (Å²) >= 11 is 0.920. The van der Waals surface area contributed by atoms with Gasteiger partial charge in [-0.25, -0.2) is 8.42 Å². The molecule has 24 heavy (non-hydrogen) atoms. The summed E-state index contributed by atoms with van der Waals surface area (Å²) in [5.41, 5.74) is 1.47. The summed E-state index contributed by atoms with van der Waals surface area (Å²) in [6.07, 6.45) is 0. The SMILES string of the molecule is Cc1cc(OC(F)F)ccc1NS(=O)(=O)c1cccc2nsnc12. The number of aryl methyl sites for hydroxylation is 1. The minimum atomic E-state index is -3.90. The maximum atomic E-state index is 12.6. The maximum Gasteiger partial charge on any atom is 0.387 e. The van der Waals surface area contributed by atoms with Crippen LogP contribution in [0.1, 0.15) is 5.56 Å². The number of hydrogen-bond acceptors (Lipinski definition) is 6. The summed E-state index contributed by atoms with van der Waals surface area (Å²) in [5.74, 6) is -0.0451. The molecule has 1 heterocycles. The van der Waals surface area contributed by atoms with E-state index in [1.807, 2.05) is 0 Å². The molecule has 0 fully saturated rings. The molecule has 126 valence electrons. The highest BCUT2D eigenvalue weighted by Gasteiger charge is 2.20. The van der Waals surface area contributed by atoms with Crippen molar-refractivity contribution in [3.05, 3.63) is 42.0 Å². The molecule has 10 heteroatoms. The molecular formula is C14H11F2N3O3S2. The zero-order chi connectivity index (χ0) is 17.3. The molecule has 0 aliphatic heterocycles. The molecule has 0 radical (unpaired) electrons. The van der Waals surface area contributed by atoms with Gasteiger partial charge in [-0.1, -0.05) is 6.07 Å². The highest BCUT2D eigenvalue weighted by molar-refractivity contribution is 7.93. The van der Waals surface area contributed by atoms with Crippen molar-refractivity contribution in [2.45, 2.75) is 18.4 Å². The Labute approximate surface area is 140 Å². The molecule has 3 aromatic rings. The number of anilines is 1. The number of sulfonamides is 1. The Morgan fingerprint density at radius 1 is 1.21 bits per heavy atom. The molecule has 0 atom stereocenters. The molecule has 0 aliphatic carbocycles. The molecule has 0 bridgehead atoms. The Kier molecular flexibility index (Phi) is 4.33. The smallest absolute Gasteiger partial charge is 0.387 e. The Morgan fingerprint density at radius 3 is 2.71 bits per heavy atom. The number of halogens is 2. The molecule has 0 saturated heterocycles. The first-order valence-corrected chi connectivity index (χ1v) is 8.88. The standard InChI is InChI=1S/C14H11F2N3O3S2/c1-8-7-9(22-14(15)16)5-6-10(8)19-24(20,21)12-4-2-3-11-13(12)18-23-17-11/h2-7,14,19H,1H3. The van der Waals surface area contributed by atoms with Crippen LogP contribution in [0.3, 0.4) is 0 Å². The number of fused-ring (bicyclic) bond motifs is 1. The van der Waals surface area contributed by atoms with Gasteiger partial charge in [-0.15, -0.1) is 0 Å². The summed E-state index contributed by atoms with van der Waals surface area (Å²) in [7, 11) is -3.90. The van der Waals surface area contributed by atoms with E-state index in [4.69, 9.17) is 0 Å². The van der Waals surface area contributed by atoms with E-state index in [0.717, 1.165) is 11.7 Å². The molecule has 0 saturated carbocycles. The highest BCUT2D eigenvalue weighted by atomic mass is 32.2. The fourth-order valence-electron chi connectivity index (χ4n) is 2.12. The zero-order valence-corrected chi connectivity index (χ0v) is 13.9. The number of ether oxygens (including phenoxy) is 1. The minimum Gasteiger partial charge on any atom is -0.435 e. The third-order valence-corrected chi connectivity index (χ3v) is 5.15. The van der Waals surface area contributed by atoms with Crippen molar-refractivity contribution in [3.63, 3.8) is 0 Å². The number of hydrogen-bond donors (Lipinski definition) is 1. The predicted molar refractivity (Wildman–Crippen MR) is 86.0 cm³/mol. The molecule has 6 nitrogen and oxygen atoms in total. The maximum absolute atomic E-state index is 12.6. The summed E-state index contributed by atoms with van der Waals surface area (Å²) in [4.78, 5) is 0.000979. The number of nitrogens with one attached hydrogen (secondary N) is 1. The number of nitrogens with zero attached hydrogens (tertiary/aromatic N) is 2. The van der Waals surface area contributed by atoms with Gasteiger partial charge in [0.05, 0.1) is 17.4 Å². The number of alkyl halides is 2. The summed E-state index contributed by atoms with van der Waals surface area (Å²) < 4.78 is 64.4. The molecule has 0 aliphatic rings. The lowest BCUT2D eigenvalue weighted by Crippen LogP contribution is -2.14. The fourth-order valence-corrected chi connectivity index (χ4v) is 4.02. The average molecular weight is 371 g/mol. The lowest BCUT2D eigenvalue weighted by atomic mass is 10.2. The molecule has 0 amide bonds. The van der Waals surface area contributed by atoms with Gasteiger partial charge < -0.3 is 4.74 Å². The largest absolute Gasteiger partial charge is 0.435 e. The molecule has 2 aromatic carbocycles. The first-order valence-electron chi connectivity index (χ1n) is 6.66. The van der Waals surface area contributed by atoms with E-state index < -0.39 is 16.6 Å². The Bertz CT molecular complexity index is 990. The van der Waals surface area contributed by atoms with Crippen molar-refractivity contribution in [1.29, 1.82) is 0 Å². The van der Waals surface area contributed by atoms with Crippen LogP contribution in [0.2, 0.25) is 0 Å². The van der Waals surface area contributed by atoms with Gasteiger partial charge >= 0.3 is 6.61 Å². The van der Waals surface area contributed by atoms with Crippen molar-refractivity contribution < 1.29 is 21.9 Å². The van der Waals surface area contributed by atoms with Gasteiger partial charge in [-0.2, -0.15) is 17.5 Å². The first kappa shape index (κ1) is 16.5. The second-order valence-corrected chi connectivity index (χ2v) is 7.03. The van der Waals surface area contributed by atoms with Crippen LogP contribution in [-0.2, 0) is 10.0 Å². The molecule has 1 N–H and O–H groups in total. The van der Waals surface area contributed by atoms with E-state index in [0.29, 0.717) is 11.1 Å². The topological polar surface area (TPSA) is 81.2 Å². The summed E-state index contributed by atoms with van der Waals surface area (Å²) in [6, 6.07) is 8.63. The number of benzene rings is 2. The monoisotopic (exact) mass is 371 g/mol. The van der Waals surface area contributed by atoms with Crippen LogP contribution < -0.4 is 9.46 Å². The van der Waals surface area contributed by atoms with Gasteiger partial charge in [0.1, 0.15) is 21.7 Å². The molecule has 0 unspecified atom stereocenters. The fraction of sp³-hybridized carbons (Fsp3) is 0.143. The Hall–Kier alpha value is -2.33. The van der Waals surface area contributed by atoms with E-state index in [9.17, 15) is 17.2 Å². The van der Waals surface area contributed by atoms with Gasteiger partial charge in [0.2, 0.25) is 0 Å². The summed E-state index contributed by atoms with van der Waals surface area (Å²) in [5, 5.41) is 0. The molecular weight excluding hydrogens is 360 g/mol. The van der Waals surface area contributed by atoms with Gasteiger partial charge in [0.25, 0.3) is 10.0 Å². The Balaban J connectivity index is 1.94. The van der Waals surface area contributed by atoms with Crippen LogP contribution in [0.4, 0.5) is 14.5 Å². The van der Waals surface area contributed by atoms with Crippen molar-refractivity contribution in [1.82, 2.24) is 8.75 Å². The van der Waals surface area contributed by atoms with Crippen LogP contribution in [0, 0.1) is 6.92 Å². The second-order valence-electron chi connectivity index (χ2n) is 4.85. The van der Waals surface area contributed by atoms with Crippen LogP contribution in [0.25, 0.3) is 11.0 Å². The van der Waals surface area contributed by atoms with E-state index in [1.54, 1.807) is 19.1 Å². The lowest BCUT2D eigenvalue weighted by molar-refractivity contribution is -0.0498. The normalized spacial score (nSPS) is 11.8. The van der Waals surface area contributed by atoms with Crippen LogP contribution in [-0.4, -0.2) is 23.8 Å². The van der Waals surface area contributed by atoms with Crippen molar-refractivity contribution in [3.8, 4) is 5.75 Å². The van der Waals surface area contributed by atoms with Gasteiger partial charge in [-0.3, -0.25) is 4.72 Å². The predicted octanol–water partition coefficient (Wildman–Crippen LogP) is 3.40. The average Bonchev–Trinajstić information content (AvgIpc) is 2.97. The van der Waals surface area contributed by atoms with Gasteiger partial charge in [0.15, 0.2) is 0 Å². The van der Waals surface area contributed by atoms with Gasteiger partial charge in [0, 0.05) is 0 Å². The first-order chi connectivity index (χ1) is 11.4. The van der Waals surface area contributed by atoms with Crippen molar-refractivity contribution >= 4 is 38.5 Å². The molecule has 1 aromatic heterocycles. The Morgan fingerprint density at radius 2 is 2.00 bits per heavy atom. The molecule has 0 spiro atoms. The van der Waals surface area contributed by atoms with Gasteiger partial charge in [-0.05, 0) is 42.8 Å². The van der Waals surface area contributed by atoms with E-state index in [1.165, 1.54) is 24.3 Å². The number of aromatic nitrogens is 2.